The van der Waals surface area contributed by atoms with E-state index in [2.05, 4.69) is 12.1 Å². The Morgan fingerprint density at radius 3 is 1.78 bits per heavy atom. The molecule has 0 fully saturated rings. The minimum absolute atomic E-state index is 0.191. The monoisotopic (exact) mass is 355 g/mol. The van der Waals surface area contributed by atoms with Crippen LogP contribution >= 0.6 is 0 Å². The van der Waals surface area contributed by atoms with E-state index in [1.807, 2.05) is 48.5 Å². The molecule has 3 heteroatoms. The van der Waals surface area contributed by atoms with Crippen LogP contribution in [0.1, 0.15) is 50.7 Å². The lowest BCUT2D eigenvalue weighted by Gasteiger charge is -2.27. The molecule has 3 aromatic rings. The van der Waals surface area contributed by atoms with Crippen molar-refractivity contribution in [2.75, 3.05) is 0 Å². The van der Waals surface area contributed by atoms with Gasteiger partial charge in [-0.3, -0.25) is 14.5 Å². The maximum Gasteiger partial charge on any atom is 0.262 e. The van der Waals surface area contributed by atoms with Gasteiger partial charge in [0.15, 0.2) is 0 Å². The minimum atomic E-state index is -0.248. The van der Waals surface area contributed by atoms with Crippen LogP contribution in [0.25, 0.3) is 0 Å². The van der Waals surface area contributed by atoms with E-state index in [0.29, 0.717) is 11.1 Å². The number of benzene rings is 3. The first-order chi connectivity index (χ1) is 13.3. The van der Waals surface area contributed by atoms with Crippen LogP contribution < -0.4 is 0 Å². The van der Waals surface area contributed by atoms with E-state index in [1.54, 1.807) is 24.3 Å². The summed E-state index contributed by atoms with van der Waals surface area (Å²) >= 11 is 0. The third-order valence-corrected chi connectivity index (χ3v) is 5.11. The summed E-state index contributed by atoms with van der Waals surface area (Å²) in [6.45, 7) is 0. The average Bonchev–Trinajstić information content (AvgIpc) is 2.98. The fourth-order valence-corrected chi connectivity index (χ4v) is 3.76. The quantitative estimate of drug-likeness (QED) is 0.581. The van der Waals surface area contributed by atoms with Crippen molar-refractivity contribution in [2.24, 2.45) is 0 Å². The molecule has 1 aliphatic rings. The van der Waals surface area contributed by atoms with Crippen LogP contribution in [0.2, 0.25) is 0 Å². The SMILES string of the molecule is O=C1c2ccccc2C(=O)N1C(CCCc1ccccc1)c1ccccc1. The van der Waals surface area contributed by atoms with E-state index in [-0.39, 0.29) is 17.9 Å². The fourth-order valence-electron chi connectivity index (χ4n) is 3.76. The lowest BCUT2D eigenvalue weighted by molar-refractivity contribution is 0.0572. The number of rotatable bonds is 6. The van der Waals surface area contributed by atoms with E-state index in [9.17, 15) is 9.59 Å². The number of hydrogen-bond acceptors (Lipinski definition) is 2. The van der Waals surface area contributed by atoms with Gasteiger partial charge in [-0.15, -0.1) is 0 Å². The highest BCUT2D eigenvalue weighted by Crippen LogP contribution is 2.34. The first kappa shape index (κ1) is 17.2. The molecule has 3 aromatic carbocycles. The van der Waals surface area contributed by atoms with Crippen LogP contribution in [-0.4, -0.2) is 16.7 Å². The van der Waals surface area contributed by atoms with Gasteiger partial charge >= 0.3 is 0 Å². The molecule has 1 aliphatic heterocycles. The number of carbonyl (C=O) groups is 2. The van der Waals surface area contributed by atoms with Gasteiger partial charge in [0, 0.05) is 0 Å². The predicted molar refractivity (Wildman–Crippen MR) is 106 cm³/mol. The van der Waals surface area contributed by atoms with E-state index in [0.717, 1.165) is 24.8 Å². The highest BCUT2D eigenvalue weighted by molar-refractivity contribution is 6.21. The number of hydrogen-bond donors (Lipinski definition) is 0. The van der Waals surface area contributed by atoms with Crippen molar-refractivity contribution in [2.45, 2.75) is 25.3 Å². The van der Waals surface area contributed by atoms with Gasteiger partial charge in [-0.25, -0.2) is 0 Å². The van der Waals surface area contributed by atoms with E-state index < -0.39 is 0 Å². The van der Waals surface area contributed by atoms with Gasteiger partial charge in [-0.2, -0.15) is 0 Å². The second kappa shape index (κ2) is 7.58. The number of amides is 2. The molecular weight excluding hydrogens is 334 g/mol. The van der Waals surface area contributed by atoms with Gasteiger partial charge in [0.05, 0.1) is 17.2 Å². The van der Waals surface area contributed by atoms with Gasteiger partial charge in [-0.1, -0.05) is 72.8 Å². The van der Waals surface area contributed by atoms with E-state index >= 15 is 0 Å². The van der Waals surface area contributed by atoms with Crippen molar-refractivity contribution in [3.63, 3.8) is 0 Å². The van der Waals surface area contributed by atoms with Gasteiger partial charge in [-0.05, 0) is 42.5 Å². The summed E-state index contributed by atoms with van der Waals surface area (Å²) in [5.41, 5.74) is 3.28. The van der Waals surface area contributed by atoms with Crippen molar-refractivity contribution in [3.8, 4) is 0 Å². The number of imide groups is 1. The van der Waals surface area contributed by atoms with Crippen LogP contribution in [0.15, 0.2) is 84.9 Å². The van der Waals surface area contributed by atoms with Crippen molar-refractivity contribution >= 4 is 11.8 Å². The maximum atomic E-state index is 13.0. The number of carbonyl (C=O) groups excluding carboxylic acids is 2. The highest BCUT2D eigenvalue weighted by atomic mass is 16.2. The summed E-state index contributed by atoms with van der Waals surface area (Å²) in [4.78, 5) is 27.4. The minimum Gasteiger partial charge on any atom is -0.269 e. The Morgan fingerprint density at radius 2 is 1.19 bits per heavy atom. The fraction of sp³-hybridized carbons (Fsp3) is 0.167. The second-order valence-electron chi connectivity index (χ2n) is 6.83. The Balaban J connectivity index is 1.59. The molecule has 0 saturated carbocycles. The third-order valence-electron chi connectivity index (χ3n) is 5.11. The van der Waals surface area contributed by atoms with E-state index in [1.165, 1.54) is 10.5 Å². The number of aryl methyl sites for hydroxylation is 1. The lowest BCUT2D eigenvalue weighted by atomic mass is 9.97. The standard InChI is InChI=1S/C24H21NO2/c26-23-20-15-7-8-16-21(20)24(27)25(23)22(19-13-5-2-6-14-19)17-9-12-18-10-3-1-4-11-18/h1-8,10-11,13-16,22H,9,12,17H2. The van der Waals surface area contributed by atoms with Crippen molar-refractivity contribution in [1.82, 2.24) is 4.90 Å². The molecule has 0 radical (unpaired) electrons. The molecule has 1 unspecified atom stereocenters. The van der Waals surface area contributed by atoms with Crippen molar-refractivity contribution < 1.29 is 9.59 Å². The molecule has 134 valence electrons. The Bertz CT molecular complexity index is 915. The molecule has 0 spiro atoms. The highest BCUT2D eigenvalue weighted by Gasteiger charge is 2.39. The summed E-state index contributed by atoms with van der Waals surface area (Å²) in [7, 11) is 0. The molecule has 0 N–H and O–H groups in total. The molecule has 1 heterocycles. The third kappa shape index (κ3) is 3.41. The molecule has 4 rings (SSSR count). The molecule has 3 nitrogen and oxygen atoms in total. The molecule has 0 saturated heterocycles. The summed E-state index contributed by atoms with van der Waals surface area (Å²) in [6.07, 6.45) is 2.56. The maximum absolute atomic E-state index is 13.0. The largest absolute Gasteiger partial charge is 0.269 e. The van der Waals surface area contributed by atoms with Gasteiger partial charge in [0.25, 0.3) is 11.8 Å². The normalized spacial score (nSPS) is 14.3. The number of nitrogens with zero attached hydrogens (tertiary/aromatic N) is 1. The molecule has 1 atom stereocenters. The zero-order valence-corrected chi connectivity index (χ0v) is 15.0. The smallest absolute Gasteiger partial charge is 0.262 e. The Hall–Kier alpha value is -3.20. The van der Waals surface area contributed by atoms with E-state index in [4.69, 9.17) is 0 Å². The summed E-state index contributed by atoms with van der Waals surface area (Å²) in [6, 6.07) is 27.0. The molecule has 27 heavy (non-hydrogen) atoms. The van der Waals surface area contributed by atoms with Crippen LogP contribution in [0, 0.1) is 0 Å². The Kier molecular flexibility index (Phi) is 4.84. The average molecular weight is 355 g/mol. The molecular formula is C24H21NO2. The topological polar surface area (TPSA) is 37.4 Å². The molecule has 0 aromatic heterocycles. The second-order valence-corrected chi connectivity index (χ2v) is 6.83. The van der Waals surface area contributed by atoms with Crippen LogP contribution in [0.5, 0.6) is 0 Å². The predicted octanol–water partition coefficient (Wildman–Crippen LogP) is 5.05. The Morgan fingerprint density at radius 1 is 0.667 bits per heavy atom. The zero-order chi connectivity index (χ0) is 18.6. The van der Waals surface area contributed by atoms with Crippen LogP contribution in [-0.2, 0) is 6.42 Å². The van der Waals surface area contributed by atoms with Crippen molar-refractivity contribution in [1.29, 1.82) is 0 Å². The summed E-state index contributed by atoms with van der Waals surface area (Å²) in [5, 5.41) is 0. The summed E-state index contributed by atoms with van der Waals surface area (Å²) in [5.74, 6) is -0.381. The van der Waals surface area contributed by atoms with Crippen LogP contribution in [0.4, 0.5) is 0 Å². The molecule has 2 amide bonds. The molecule has 0 aliphatic carbocycles. The summed E-state index contributed by atoms with van der Waals surface area (Å²) < 4.78 is 0. The first-order valence-corrected chi connectivity index (χ1v) is 9.31. The van der Waals surface area contributed by atoms with Gasteiger partial charge in [0.2, 0.25) is 0 Å². The molecule has 0 bridgehead atoms. The Labute approximate surface area is 159 Å². The zero-order valence-electron chi connectivity index (χ0n) is 15.0. The first-order valence-electron chi connectivity index (χ1n) is 9.31. The lowest BCUT2D eigenvalue weighted by Crippen LogP contribution is -2.34. The van der Waals surface area contributed by atoms with Gasteiger partial charge < -0.3 is 0 Å². The van der Waals surface area contributed by atoms with Crippen molar-refractivity contribution in [3.05, 3.63) is 107 Å². The van der Waals surface area contributed by atoms with Crippen LogP contribution in [0.3, 0.4) is 0 Å². The number of fused-ring (bicyclic) bond motifs is 1. The van der Waals surface area contributed by atoms with Gasteiger partial charge in [0.1, 0.15) is 0 Å².